The number of nitrogens with zero attached hydrogens (tertiary/aromatic N) is 1. The molecule has 0 aromatic carbocycles. The third-order valence-corrected chi connectivity index (χ3v) is 4.60. The van der Waals surface area contributed by atoms with Crippen molar-refractivity contribution < 1.29 is 9.21 Å². The van der Waals surface area contributed by atoms with Gasteiger partial charge in [-0.3, -0.25) is 4.79 Å². The van der Waals surface area contributed by atoms with Gasteiger partial charge in [-0.05, 0) is 44.0 Å². The van der Waals surface area contributed by atoms with E-state index in [0.717, 1.165) is 36.0 Å². The number of aromatic nitrogens is 1. The van der Waals surface area contributed by atoms with Gasteiger partial charge in [0.05, 0.1) is 18.5 Å². The van der Waals surface area contributed by atoms with E-state index in [4.69, 9.17) is 4.42 Å². The lowest BCUT2D eigenvalue weighted by Crippen LogP contribution is -2.23. The maximum atomic E-state index is 11.8. The van der Waals surface area contributed by atoms with Crippen LogP contribution in [-0.2, 0) is 11.3 Å². The SMILES string of the molecule is O=C(CCC1CCNC1)NCc1csc(-c2ccco2)n1. The van der Waals surface area contributed by atoms with Gasteiger partial charge < -0.3 is 15.1 Å². The number of rotatable bonds is 6. The topological polar surface area (TPSA) is 67.2 Å². The van der Waals surface area contributed by atoms with Crippen LogP contribution in [0.5, 0.6) is 0 Å². The van der Waals surface area contributed by atoms with Crippen LogP contribution in [-0.4, -0.2) is 24.0 Å². The quantitative estimate of drug-likeness (QED) is 0.860. The molecular weight excluding hydrogens is 286 g/mol. The molecule has 1 aliphatic heterocycles. The number of furan rings is 1. The molecule has 0 bridgehead atoms. The van der Waals surface area contributed by atoms with E-state index in [1.165, 1.54) is 17.8 Å². The van der Waals surface area contributed by atoms with Crippen molar-refractivity contribution in [2.45, 2.75) is 25.8 Å². The Morgan fingerprint density at radius 1 is 1.57 bits per heavy atom. The van der Waals surface area contributed by atoms with Crippen LogP contribution in [0.1, 0.15) is 25.0 Å². The molecule has 1 saturated heterocycles. The predicted octanol–water partition coefficient (Wildman–Crippen LogP) is 2.41. The number of carbonyl (C=O) groups excluding carboxylic acids is 1. The van der Waals surface area contributed by atoms with Gasteiger partial charge >= 0.3 is 0 Å². The van der Waals surface area contributed by atoms with Crippen LogP contribution in [0.25, 0.3) is 10.8 Å². The zero-order chi connectivity index (χ0) is 14.5. The fourth-order valence-electron chi connectivity index (χ4n) is 2.48. The molecule has 1 unspecified atom stereocenters. The molecule has 21 heavy (non-hydrogen) atoms. The largest absolute Gasteiger partial charge is 0.462 e. The lowest BCUT2D eigenvalue weighted by atomic mass is 10.0. The summed E-state index contributed by atoms with van der Waals surface area (Å²) >= 11 is 1.53. The summed E-state index contributed by atoms with van der Waals surface area (Å²) in [5.74, 6) is 1.53. The first-order valence-electron chi connectivity index (χ1n) is 7.27. The van der Waals surface area contributed by atoms with Crippen molar-refractivity contribution in [1.29, 1.82) is 0 Å². The number of hydrogen-bond donors (Lipinski definition) is 2. The lowest BCUT2D eigenvalue weighted by molar-refractivity contribution is -0.121. The normalized spacial score (nSPS) is 18.0. The molecule has 0 aliphatic carbocycles. The second-order valence-electron chi connectivity index (χ2n) is 5.30. The monoisotopic (exact) mass is 305 g/mol. The predicted molar refractivity (Wildman–Crippen MR) is 81.9 cm³/mol. The third-order valence-electron chi connectivity index (χ3n) is 3.69. The first-order chi connectivity index (χ1) is 10.3. The van der Waals surface area contributed by atoms with Gasteiger partial charge in [-0.2, -0.15) is 0 Å². The first kappa shape index (κ1) is 14.3. The summed E-state index contributed by atoms with van der Waals surface area (Å²) in [5, 5.41) is 9.06. The molecule has 1 amide bonds. The molecule has 6 heteroatoms. The molecular formula is C15H19N3O2S. The Morgan fingerprint density at radius 2 is 2.52 bits per heavy atom. The highest BCUT2D eigenvalue weighted by atomic mass is 32.1. The van der Waals surface area contributed by atoms with E-state index >= 15 is 0 Å². The van der Waals surface area contributed by atoms with E-state index in [9.17, 15) is 4.79 Å². The van der Waals surface area contributed by atoms with Crippen LogP contribution in [0.3, 0.4) is 0 Å². The maximum Gasteiger partial charge on any atom is 0.220 e. The Morgan fingerprint density at radius 3 is 3.29 bits per heavy atom. The van der Waals surface area contributed by atoms with Crippen molar-refractivity contribution in [1.82, 2.24) is 15.6 Å². The van der Waals surface area contributed by atoms with Crippen LogP contribution >= 0.6 is 11.3 Å². The average molecular weight is 305 g/mol. The molecule has 0 spiro atoms. The molecule has 112 valence electrons. The Bertz CT molecular complexity index is 574. The summed E-state index contributed by atoms with van der Waals surface area (Å²) in [5.41, 5.74) is 0.877. The van der Waals surface area contributed by atoms with Crippen molar-refractivity contribution in [2.75, 3.05) is 13.1 Å². The second kappa shape index (κ2) is 6.87. The Labute approximate surface area is 127 Å². The summed E-state index contributed by atoms with van der Waals surface area (Å²) in [6.07, 6.45) is 4.39. The molecule has 5 nitrogen and oxygen atoms in total. The van der Waals surface area contributed by atoms with Gasteiger partial charge in [0.2, 0.25) is 5.91 Å². The van der Waals surface area contributed by atoms with E-state index in [1.54, 1.807) is 6.26 Å². The van der Waals surface area contributed by atoms with Gasteiger partial charge in [-0.1, -0.05) is 0 Å². The minimum absolute atomic E-state index is 0.106. The fourth-order valence-corrected chi connectivity index (χ4v) is 3.26. The molecule has 1 atom stereocenters. The highest BCUT2D eigenvalue weighted by molar-refractivity contribution is 7.13. The van der Waals surface area contributed by atoms with Crippen molar-refractivity contribution in [3.05, 3.63) is 29.5 Å². The van der Waals surface area contributed by atoms with Gasteiger partial charge in [-0.25, -0.2) is 4.98 Å². The summed E-state index contributed by atoms with van der Waals surface area (Å²) in [4.78, 5) is 16.3. The van der Waals surface area contributed by atoms with E-state index in [-0.39, 0.29) is 5.91 Å². The molecule has 1 aliphatic rings. The van der Waals surface area contributed by atoms with Gasteiger partial charge in [0.15, 0.2) is 10.8 Å². The maximum absolute atomic E-state index is 11.8. The molecule has 3 rings (SSSR count). The zero-order valence-corrected chi connectivity index (χ0v) is 12.6. The Kier molecular flexibility index (Phi) is 4.67. The minimum Gasteiger partial charge on any atom is -0.462 e. The van der Waals surface area contributed by atoms with Gasteiger partial charge in [0.1, 0.15) is 0 Å². The Hall–Kier alpha value is -1.66. The van der Waals surface area contributed by atoms with Gasteiger partial charge in [0, 0.05) is 11.8 Å². The summed E-state index contributed by atoms with van der Waals surface area (Å²) in [6, 6.07) is 3.73. The van der Waals surface area contributed by atoms with Crippen molar-refractivity contribution >= 4 is 17.2 Å². The number of thiazole rings is 1. The zero-order valence-electron chi connectivity index (χ0n) is 11.8. The smallest absolute Gasteiger partial charge is 0.220 e. The minimum atomic E-state index is 0.106. The number of hydrogen-bond acceptors (Lipinski definition) is 5. The third kappa shape index (κ3) is 3.92. The van der Waals surface area contributed by atoms with Crippen LogP contribution in [0.2, 0.25) is 0 Å². The second-order valence-corrected chi connectivity index (χ2v) is 6.15. The number of amides is 1. The van der Waals surface area contributed by atoms with E-state index in [1.807, 2.05) is 17.5 Å². The molecule has 0 radical (unpaired) electrons. The summed E-state index contributed by atoms with van der Waals surface area (Å²) in [7, 11) is 0. The van der Waals surface area contributed by atoms with E-state index in [2.05, 4.69) is 15.6 Å². The Balaban J connectivity index is 1.43. The summed E-state index contributed by atoms with van der Waals surface area (Å²) < 4.78 is 5.31. The highest BCUT2D eigenvalue weighted by Crippen LogP contribution is 2.23. The standard InChI is InChI=1S/C15H19N3O2S/c19-14(4-3-11-5-6-16-8-11)17-9-12-10-21-15(18-12)13-2-1-7-20-13/h1-2,7,10-11,16H,3-6,8-9H2,(H,17,19). The van der Waals surface area contributed by atoms with Crippen molar-refractivity contribution in [3.63, 3.8) is 0 Å². The van der Waals surface area contributed by atoms with Crippen LogP contribution in [0.15, 0.2) is 28.2 Å². The van der Waals surface area contributed by atoms with Crippen LogP contribution < -0.4 is 10.6 Å². The van der Waals surface area contributed by atoms with E-state index < -0.39 is 0 Å². The highest BCUT2D eigenvalue weighted by Gasteiger charge is 2.15. The van der Waals surface area contributed by atoms with Crippen molar-refractivity contribution in [2.24, 2.45) is 5.92 Å². The number of carbonyl (C=O) groups is 1. The molecule has 3 heterocycles. The van der Waals surface area contributed by atoms with E-state index in [0.29, 0.717) is 18.9 Å². The molecule has 2 aromatic heterocycles. The average Bonchev–Trinajstić information content (AvgIpc) is 3.24. The molecule has 2 aromatic rings. The molecule has 2 N–H and O–H groups in total. The fraction of sp³-hybridized carbons (Fsp3) is 0.467. The van der Waals surface area contributed by atoms with Crippen molar-refractivity contribution in [3.8, 4) is 10.8 Å². The first-order valence-corrected chi connectivity index (χ1v) is 8.15. The van der Waals surface area contributed by atoms with Gasteiger partial charge in [-0.15, -0.1) is 11.3 Å². The summed E-state index contributed by atoms with van der Waals surface area (Å²) in [6.45, 7) is 2.62. The molecule has 0 saturated carbocycles. The molecule has 1 fully saturated rings. The van der Waals surface area contributed by atoms with Crippen LogP contribution in [0, 0.1) is 5.92 Å². The lowest BCUT2D eigenvalue weighted by Gasteiger charge is -2.07. The number of nitrogens with one attached hydrogen (secondary N) is 2. The van der Waals surface area contributed by atoms with Crippen LogP contribution in [0.4, 0.5) is 0 Å². The van der Waals surface area contributed by atoms with Gasteiger partial charge in [0.25, 0.3) is 0 Å².